The van der Waals surface area contributed by atoms with E-state index in [2.05, 4.69) is 28.2 Å². The number of methoxy groups -OCH3 is 2. The van der Waals surface area contributed by atoms with Crippen LogP contribution in [0.4, 0.5) is 6.01 Å². The lowest BCUT2D eigenvalue weighted by Gasteiger charge is -2.21. The molecular weight excluding hydrogens is 520 g/mol. The van der Waals surface area contributed by atoms with Gasteiger partial charge >= 0.3 is 0 Å². The summed E-state index contributed by atoms with van der Waals surface area (Å²) in [6.07, 6.45) is 5.34. The van der Waals surface area contributed by atoms with E-state index in [9.17, 15) is 0 Å². The molecule has 9 heteroatoms. The molecule has 0 fully saturated rings. The Labute approximate surface area is 239 Å². The van der Waals surface area contributed by atoms with Crippen LogP contribution in [0, 0.1) is 0 Å². The molecule has 0 unspecified atom stereocenters. The molecule has 0 bridgehead atoms. The van der Waals surface area contributed by atoms with Crippen LogP contribution in [-0.4, -0.2) is 42.2 Å². The average molecular weight is 555 g/mol. The number of anilines is 1. The molecule has 212 valence electrons. The maximum atomic E-state index is 5.93. The van der Waals surface area contributed by atoms with Gasteiger partial charge in [0.1, 0.15) is 23.5 Å². The number of benzene rings is 3. The molecule has 0 radical (unpaired) electrons. The molecule has 41 heavy (non-hydrogen) atoms. The summed E-state index contributed by atoms with van der Waals surface area (Å²) in [5, 5.41) is 4.35. The molecule has 0 spiro atoms. The van der Waals surface area contributed by atoms with Crippen LogP contribution < -0.4 is 14.4 Å². The van der Waals surface area contributed by atoms with Gasteiger partial charge in [0, 0.05) is 25.5 Å². The lowest BCUT2D eigenvalue weighted by Crippen LogP contribution is -2.22. The molecule has 0 saturated carbocycles. The number of hydrogen-bond acceptors (Lipinski definition) is 8. The molecule has 9 nitrogen and oxygen atoms in total. The highest BCUT2D eigenvalue weighted by Gasteiger charge is 2.16. The third-order valence-corrected chi connectivity index (χ3v) is 6.40. The maximum Gasteiger partial charge on any atom is 0.298 e. The highest BCUT2D eigenvalue weighted by atomic mass is 16.5. The van der Waals surface area contributed by atoms with Gasteiger partial charge in [0.05, 0.1) is 46.3 Å². The Morgan fingerprint density at radius 1 is 0.756 bits per heavy atom. The molecule has 0 aliphatic carbocycles. The van der Waals surface area contributed by atoms with Gasteiger partial charge in [0.25, 0.3) is 6.01 Å². The van der Waals surface area contributed by atoms with Crippen molar-refractivity contribution in [2.45, 2.75) is 26.3 Å². The van der Waals surface area contributed by atoms with Crippen LogP contribution in [0.15, 0.2) is 102 Å². The van der Waals surface area contributed by atoms with Crippen molar-refractivity contribution in [2.75, 3.05) is 32.3 Å². The fourth-order valence-electron chi connectivity index (χ4n) is 4.38. The second kappa shape index (κ2) is 14.2. The maximum absolute atomic E-state index is 5.93. The summed E-state index contributed by atoms with van der Waals surface area (Å²) in [5.74, 6) is 1.62. The van der Waals surface area contributed by atoms with Crippen LogP contribution >= 0.6 is 0 Å². The molecule has 0 amide bonds. The number of aromatic nitrogens is 3. The zero-order valence-corrected chi connectivity index (χ0v) is 23.3. The number of hydrogen-bond donors (Lipinski definition) is 0. The largest absolute Gasteiger partial charge is 0.497 e. The van der Waals surface area contributed by atoms with E-state index < -0.39 is 0 Å². The van der Waals surface area contributed by atoms with Gasteiger partial charge < -0.3 is 28.3 Å². The van der Waals surface area contributed by atoms with Crippen molar-refractivity contribution >= 4 is 6.01 Å². The van der Waals surface area contributed by atoms with Crippen LogP contribution in [0.1, 0.15) is 22.4 Å². The minimum Gasteiger partial charge on any atom is -0.497 e. The Morgan fingerprint density at radius 3 is 2.12 bits per heavy atom. The molecule has 3 aromatic carbocycles. The van der Waals surface area contributed by atoms with Crippen LogP contribution in [0.2, 0.25) is 0 Å². The van der Waals surface area contributed by atoms with Gasteiger partial charge in [-0.15, -0.1) is 0 Å². The molecule has 5 rings (SSSR count). The monoisotopic (exact) mass is 554 g/mol. The van der Waals surface area contributed by atoms with Gasteiger partial charge in [-0.1, -0.05) is 36.4 Å². The number of ether oxygens (including phenoxy) is 4. The summed E-state index contributed by atoms with van der Waals surface area (Å²) in [5.41, 5.74) is 4.94. The van der Waals surface area contributed by atoms with Gasteiger partial charge in [-0.2, -0.15) is 10.1 Å². The lowest BCUT2D eigenvalue weighted by molar-refractivity contribution is 0.0328. The summed E-state index contributed by atoms with van der Waals surface area (Å²) < 4.78 is 30.0. The summed E-state index contributed by atoms with van der Waals surface area (Å²) in [6, 6.07) is 26.5. The molecule has 2 aromatic heterocycles. The van der Waals surface area contributed by atoms with Gasteiger partial charge in [-0.25, -0.2) is 4.68 Å². The van der Waals surface area contributed by atoms with E-state index in [0.717, 1.165) is 33.9 Å². The molecule has 5 aromatic rings. The Morgan fingerprint density at radius 2 is 1.41 bits per heavy atom. The SMILES string of the molecule is COc1cccc(COCCOCc2coc(N(Cc3cccc(OC)c3)Cc3cccc(-n4cccn4)c3)n2)c1. The van der Waals surface area contributed by atoms with Crippen molar-refractivity contribution in [1.29, 1.82) is 0 Å². The summed E-state index contributed by atoms with van der Waals surface area (Å²) >= 11 is 0. The lowest BCUT2D eigenvalue weighted by atomic mass is 10.1. The van der Waals surface area contributed by atoms with Gasteiger partial charge in [0.2, 0.25) is 0 Å². The normalized spacial score (nSPS) is 11.0. The molecule has 0 aliphatic rings. The van der Waals surface area contributed by atoms with Crippen LogP contribution in [0.25, 0.3) is 5.69 Å². The van der Waals surface area contributed by atoms with E-state index in [1.54, 1.807) is 26.7 Å². The second-order valence-electron chi connectivity index (χ2n) is 9.41. The zero-order valence-electron chi connectivity index (χ0n) is 23.3. The Kier molecular flexibility index (Phi) is 9.65. The molecule has 0 saturated heterocycles. The van der Waals surface area contributed by atoms with Gasteiger partial charge in [-0.3, -0.25) is 0 Å². The molecule has 0 atom stereocenters. The van der Waals surface area contributed by atoms with Gasteiger partial charge in [-0.05, 0) is 59.2 Å². The van der Waals surface area contributed by atoms with Crippen LogP contribution in [0.3, 0.4) is 0 Å². The van der Waals surface area contributed by atoms with E-state index in [1.165, 1.54) is 0 Å². The zero-order chi connectivity index (χ0) is 28.3. The molecular formula is C32H34N4O5. The van der Waals surface area contributed by atoms with Crippen molar-refractivity contribution in [3.63, 3.8) is 0 Å². The Bertz CT molecular complexity index is 1500. The topological polar surface area (TPSA) is 84.0 Å². The standard InChI is InChI=1S/C32H34N4O5/c1-37-30-11-4-8-26(18-30)21-35(20-25-7-3-10-29(17-25)36-14-6-13-33-36)32-34-28(24-41-32)23-40-16-15-39-22-27-9-5-12-31(19-27)38-2/h3-14,17-19,24H,15-16,20-23H2,1-2H3. The fraction of sp³-hybridized carbons (Fsp3) is 0.250. The predicted molar refractivity (Wildman–Crippen MR) is 155 cm³/mol. The average Bonchev–Trinajstić information content (AvgIpc) is 3.72. The van der Waals surface area contributed by atoms with Crippen molar-refractivity contribution in [3.8, 4) is 17.2 Å². The van der Waals surface area contributed by atoms with Crippen molar-refractivity contribution in [1.82, 2.24) is 14.8 Å². The first-order chi connectivity index (χ1) is 20.2. The first-order valence-electron chi connectivity index (χ1n) is 13.4. The molecule has 2 heterocycles. The van der Waals surface area contributed by atoms with E-state index in [0.29, 0.717) is 51.2 Å². The van der Waals surface area contributed by atoms with Crippen molar-refractivity contribution in [3.05, 3.63) is 120 Å². The minimum absolute atomic E-state index is 0.327. The number of nitrogens with zero attached hydrogens (tertiary/aromatic N) is 4. The molecule has 0 N–H and O–H groups in total. The summed E-state index contributed by atoms with van der Waals surface area (Å²) in [7, 11) is 3.32. The first kappa shape index (κ1) is 27.9. The third kappa shape index (κ3) is 7.97. The highest BCUT2D eigenvalue weighted by Crippen LogP contribution is 2.23. The van der Waals surface area contributed by atoms with Crippen molar-refractivity contribution < 1.29 is 23.4 Å². The van der Waals surface area contributed by atoms with Crippen LogP contribution in [0.5, 0.6) is 11.5 Å². The predicted octanol–water partition coefficient (Wildman–Crippen LogP) is 5.82. The first-order valence-corrected chi connectivity index (χ1v) is 13.4. The van der Waals surface area contributed by atoms with E-state index in [-0.39, 0.29) is 0 Å². The minimum atomic E-state index is 0.327. The second-order valence-corrected chi connectivity index (χ2v) is 9.41. The van der Waals surface area contributed by atoms with Crippen molar-refractivity contribution in [2.24, 2.45) is 0 Å². The Hall–Kier alpha value is -4.60. The van der Waals surface area contributed by atoms with E-state index in [1.807, 2.05) is 71.5 Å². The summed E-state index contributed by atoms with van der Waals surface area (Å²) in [4.78, 5) is 6.83. The van der Waals surface area contributed by atoms with E-state index in [4.69, 9.17) is 28.3 Å². The molecule has 0 aliphatic heterocycles. The fourth-order valence-corrected chi connectivity index (χ4v) is 4.38. The van der Waals surface area contributed by atoms with Gasteiger partial charge in [0.15, 0.2) is 0 Å². The van der Waals surface area contributed by atoms with E-state index >= 15 is 0 Å². The number of rotatable bonds is 15. The van der Waals surface area contributed by atoms with Crippen LogP contribution in [-0.2, 0) is 35.8 Å². The Balaban J connectivity index is 1.20. The third-order valence-electron chi connectivity index (χ3n) is 6.40. The quantitative estimate of drug-likeness (QED) is 0.150. The smallest absolute Gasteiger partial charge is 0.298 e. The highest BCUT2D eigenvalue weighted by molar-refractivity contribution is 5.39. The summed E-state index contributed by atoms with van der Waals surface area (Å²) in [6.45, 7) is 2.91. The number of oxazole rings is 1.